The zero-order valence-corrected chi connectivity index (χ0v) is 18.4. The number of piperidine rings is 1. The van der Waals surface area contributed by atoms with Crippen LogP contribution in [0.25, 0.3) is 0 Å². The number of carbonyl (C=O) groups excluding carboxylic acids is 3. The molecule has 2 N–H and O–H groups in total. The molecular weight excluding hydrogens is 378 g/mol. The summed E-state index contributed by atoms with van der Waals surface area (Å²) >= 11 is 0. The molecule has 9 heteroatoms. The Hall–Kier alpha value is -2.32. The molecule has 9 nitrogen and oxygen atoms in total. The van der Waals surface area contributed by atoms with Crippen molar-refractivity contribution in [2.45, 2.75) is 65.5 Å². The van der Waals surface area contributed by atoms with Gasteiger partial charge in [-0.2, -0.15) is 0 Å². The highest BCUT2D eigenvalue weighted by Gasteiger charge is 2.33. The molecule has 0 aromatic heterocycles. The summed E-state index contributed by atoms with van der Waals surface area (Å²) in [6.07, 6.45) is 0.792. The van der Waals surface area contributed by atoms with Crippen molar-refractivity contribution in [1.29, 1.82) is 0 Å². The number of amides is 3. The van der Waals surface area contributed by atoms with E-state index in [2.05, 4.69) is 5.32 Å². The van der Waals surface area contributed by atoms with Gasteiger partial charge in [0.1, 0.15) is 18.2 Å². The van der Waals surface area contributed by atoms with Gasteiger partial charge >= 0.3 is 12.1 Å². The maximum absolute atomic E-state index is 13.0. The Morgan fingerprint density at radius 3 is 2.17 bits per heavy atom. The van der Waals surface area contributed by atoms with Crippen LogP contribution in [0.1, 0.15) is 53.9 Å². The fourth-order valence-electron chi connectivity index (χ4n) is 3.30. The second kappa shape index (κ2) is 10.5. The molecular formula is C20H35N3O6. The average Bonchev–Trinajstić information content (AvgIpc) is 2.57. The minimum atomic E-state index is -1.06. The number of ether oxygens (including phenoxy) is 1. The summed E-state index contributed by atoms with van der Waals surface area (Å²) in [6, 6.07) is -0.688. The molecule has 1 unspecified atom stereocenters. The fourth-order valence-corrected chi connectivity index (χ4v) is 3.30. The van der Waals surface area contributed by atoms with E-state index in [1.165, 1.54) is 11.9 Å². The van der Waals surface area contributed by atoms with Crippen LogP contribution in [0.3, 0.4) is 0 Å². The topological polar surface area (TPSA) is 116 Å². The van der Waals surface area contributed by atoms with Gasteiger partial charge in [-0.25, -0.2) is 4.79 Å². The molecule has 1 aliphatic rings. The standard InChI is InChI=1S/C20H35N3O6/c1-13(2)11-15(21-19(28)29-20(3,4)5)18(27)23-9-7-14(8-10-23)17(26)22(6)12-16(24)25/h13-15H,7-12H2,1-6H3,(H,21,28)(H,24,25). The monoisotopic (exact) mass is 413 g/mol. The van der Waals surface area contributed by atoms with E-state index in [1.54, 1.807) is 25.7 Å². The molecule has 1 heterocycles. The molecule has 0 aromatic rings. The number of carboxylic acid groups (broad SMARTS) is 1. The van der Waals surface area contributed by atoms with Gasteiger partial charge in [0, 0.05) is 26.1 Å². The van der Waals surface area contributed by atoms with E-state index in [0.29, 0.717) is 32.4 Å². The highest BCUT2D eigenvalue weighted by Crippen LogP contribution is 2.21. The maximum atomic E-state index is 13.0. The first-order valence-electron chi connectivity index (χ1n) is 10.0. The first-order valence-corrected chi connectivity index (χ1v) is 10.0. The number of aliphatic carboxylic acids is 1. The third-order valence-electron chi connectivity index (χ3n) is 4.60. The molecule has 0 spiro atoms. The van der Waals surface area contributed by atoms with Crippen LogP contribution in [-0.4, -0.2) is 77.1 Å². The highest BCUT2D eigenvalue weighted by molar-refractivity contribution is 5.86. The van der Waals surface area contributed by atoms with E-state index in [1.807, 2.05) is 13.8 Å². The fraction of sp³-hybridized carbons (Fsp3) is 0.800. The summed E-state index contributed by atoms with van der Waals surface area (Å²) < 4.78 is 5.27. The lowest BCUT2D eigenvalue weighted by atomic mass is 9.94. The Morgan fingerprint density at radius 1 is 1.17 bits per heavy atom. The van der Waals surface area contributed by atoms with E-state index >= 15 is 0 Å². The van der Waals surface area contributed by atoms with Gasteiger partial charge in [-0.3, -0.25) is 14.4 Å². The second-order valence-corrected chi connectivity index (χ2v) is 9.02. The van der Waals surface area contributed by atoms with Crippen molar-refractivity contribution < 1.29 is 29.0 Å². The number of hydrogen-bond acceptors (Lipinski definition) is 5. The van der Waals surface area contributed by atoms with Gasteiger partial charge < -0.3 is 25.0 Å². The third kappa shape index (κ3) is 8.70. The molecule has 0 aliphatic carbocycles. The molecule has 0 radical (unpaired) electrons. The minimum absolute atomic E-state index is 0.186. The summed E-state index contributed by atoms with van der Waals surface area (Å²) in [7, 11) is 1.47. The molecule has 0 saturated carbocycles. The van der Waals surface area contributed by atoms with Crippen LogP contribution in [0.15, 0.2) is 0 Å². The quantitative estimate of drug-likeness (QED) is 0.656. The first kappa shape index (κ1) is 24.7. The minimum Gasteiger partial charge on any atom is -0.480 e. The van der Waals surface area contributed by atoms with Gasteiger partial charge in [-0.05, 0) is 46.0 Å². The number of nitrogens with one attached hydrogen (secondary N) is 1. The molecule has 1 atom stereocenters. The number of nitrogens with zero attached hydrogens (tertiary/aromatic N) is 2. The Kier molecular flexibility index (Phi) is 8.91. The number of hydrogen-bond donors (Lipinski definition) is 2. The van der Waals surface area contributed by atoms with Crippen LogP contribution in [0.2, 0.25) is 0 Å². The molecule has 0 aromatic carbocycles. The van der Waals surface area contributed by atoms with E-state index in [0.717, 1.165) is 0 Å². The SMILES string of the molecule is CC(C)CC(NC(=O)OC(C)(C)C)C(=O)N1CCC(C(=O)N(C)CC(=O)O)CC1. The molecule has 1 saturated heterocycles. The summed E-state index contributed by atoms with van der Waals surface area (Å²) in [5, 5.41) is 11.5. The average molecular weight is 414 g/mol. The third-order valence-corrected chi connectivity index (χ3v) is 4.60. The lowest BCUT2D eigenvalue weighted by molar-refractivity contribution is -0.146. The summed E-state index contributed by atoms with van der Waals surface area (Å²) in [5.41, 5.74) is -0.657. The molecule has 29 heavy (non-hydrogen) atoms. The molecule has 166 valence electrons. The molecule has 1 fully saturated rings. The number of likely N-dealkylation sites (N-methyl/N-ethyl adjacent to an activating group) is 1. The zero-order valence-electron chi connectivity index (χ0n) is 18.4. The molecule has 1 rings (SSSR count). The van der Waals surface area contributed by atoms with Gasteiger partial charge in [0.25, 0.3) is 0 Å². The number of likely N-dealkylation sites (tertiary alicyclic amines) is 1. The van der Waals surface area contributed by atoms with Gasteiger partial charge in [-0.1, -0.05) is 13.8 Å². The second-order valence-electron chi connectivity index (χ2n) is 9.02. The van der Waals surface area contributed by atoms with Crippen LogP contribution in [-0.2, 0) is 19.1 Å². The van der Waals surface area contributed by atoms with Crippen molar-refractivity contribution in [3.8, 4) is 0 Å². The largest absolute Gasteiger partial charge is 0.480 e. The van der Waals surface area contributed by atoms with Gasteiger partial charge in [-0.15, -0.1) is 0 Å². The van der Waals surface area contributed by atoms with Crippen molar-refractivity contribution in [1.82, 2.24) is 15.1 Å². The van der Waals surface area contributed by atoms with Gasteiger partial charge in [0.2, 0.25) is 11.8 Å². The van der Waals surface area contributed by atoms with Crippen molar-refractivity contribution in [2.75, 3.05) is 26.7 Å². The van der Waals surface area contributed by atoms with E-state index < -0.39 is 23.7 Å². The van der Waals surface area contributed by atoms with Crippen molar-refractivity contribution in [3.63, 3.8) is 0 Å². The van der Waals surface area contributed by atoms with Crippen LogP contribution in [0.5, 0.6) is 0 Å². The molecule has 0 bridgehead atoms. The van der Waals surface area contributed by atoms with Gasteiger partial charge in [0.05, 0.1) is 0 Å². The summed E-state index contributed by atoms with van der Waals surface area (Å²) in [6.45, 7) is 9.66. The number of carbonyl (C=O) groups is 4. The summed E-state index contributed by atoms with van der Waals surface area (Å²) in [4.78, 5) is 51.1. The van der Waals surface area contributed by atoms with Crippen LogP contribution in [0, 0.1) is 11.8 Å². The first-order chi connectivity index (χ1) is 13.3. The van der Waals surface area contributed by atoms with E-state index in [-0.39, 0.29) is 30.2 Å². The zero-order chi connectivity index (χ0) is 22.4. The highest BCUT2D eigenvalue weighted by atomic mass is 16.6. The number of rotatable bonds is 7. The predicted molar refractivity (Wildman–Crippen MR) is 107 cm³/mol. The Morgan fingerprint density at radius 2 is 1.72 bits per heavy atom. The lowest BCUT2D eigenvalue weighted by Crippen LogP contribution is -2.53. The van der Waals surface area contributed by atoms with Crippen LogP contribution < -0.4 is 5.32 Å². The molecule has 3 amide bonds. The van der Waals surface area contributed by atoms with E-state index in [4.69, 9.17) is 9.84 Å². The normalized spacial score (nSPS) is 16.3. The Labute approximate surface area is 172 Å². The predicted octanol–water partition coefficient (Wildman–Crippen LogP) is 1.71. The van der Waals surface area contributed by atoms with Gasteiger partial charge in [0.15, 0.2) is 0 Å². The van der Waals surface area contributed by atoms with Crippen LogP contribution in [0.4, 0.5) is 4.79 Å². The van der Waals surface area contributed by atoms with Crippen molar-refractivity contribution in [2.24, 2.45) is 11.8 Å². The van der Waals surface area contributed by atoms with Crippen LogP contribution >= 0.6 is 0 Å². The number of carboxylic acids is 1. The van der Waals surface area contributed by atoms with E-state index in [9.17, 15) is 19.2 Å². The number of alkyl carbamates (subject to hydrolysis) is 1. The van der Waals surface area contributed by atoms with Crippen molar-refractivity contribution >= 4 is 23.9 Å². The Bertz CT molecular complexity index is 606. The van der Waals surface area contributed by atoms with Crippen molar-refractivity contribution in [3.05, 3.63) is 0 Å². The smallest absolute Gasteiger partial charge is 0.408 e. The Balaban J connectivity index is 2.69. The molecule has 1 aliphatic heterocycles. The summed E-state index contributed by atoms with van der Waals surface area (Å²) in [5.74, 6) is -1.56. The maximum Gasteiger partial charge on any atom is 0.408 e. The lowest BCUT2D eigenvalue weighted by Gasteiger charge is -2.35.